The molecule has 1 heterocycles. The summed E-state index contributed by atoms with van der Waals surface area (Å²) in [4.78, 5) is 58.1. The first-order valence-electron chi connectivity index (χ1n) is 11.4. The fraction of sp³-hybridized carbons (Fsp3) is 0.346. The number of carbonyl (C=O) groups excluding carboxylic acids is 4. The lowest BCUT2D eigenvalue weighted by molar-refractivity contribution is -0.162. The number of amides is 1. The van der Waals surface area contributed by atoms with Crippen molar-refractivity contribution in [1.82, 2.24) is 9.88 Å². The van der Waals surface area contributed by atoms with E-state index >= 15 is 0 Å². The fourth-order valence-corrected chi connectivity index (χ4v) is 5.63. The number of phenols is 1. The highest BCUT2D eigenvalue weighted by molar-refractivity contribution is 6.33. The molecule has 0 bridgehead atoms. The van der Waals surface area contributed by atoms with E-state index in [1.54, 1.807) is 38.4 Å². The molecule has 3 aromatic rings. The smallest absolute Gasteiger partial charge is 0.235 e. The summed E-state index contributed by atoms with van der Waals surface area (Å²) in [6.45, 7) is 3.76. The van der Waals surface area contributed by atoms with Crippen LogP contribution in [0.25, 0.3) is 27.9 Å². The third-order valence-corrected chi connectivity index (χ3v) is 7.13. The highest BCUT2D eigenvalue weighted by Gasteiger charge is 2.66. The standard InChI is InChI=1S/C26H25N3O7/c1-10(2)7-15-28-14-6-5-11-8-12-9-13-19(29(3)4)21(31)18(25(27)34)24(33)26(13,35)23(32)17(12)20(30)16(11)22(14)36-15/h5-8,13,18-19,30,35H,9H2,1-4H3,(H2,27,34)/t13-,18?,19-,26-/m0/s1. The fourth-order valence-electron chi connectivity index (χ4n) is 5.63. The zero-order valence-electron chi connectivity index (χ0n) is 20.2. The van der Waals surface area contributed by atoms with E-state index in [0.717, 1.165) is 5.57 Å². The number of Topliss-reactive ketones (excluding diaryl/α,β-unsaturated/α-hetero) is 3. The molecule has 1 amide bonds. The molecule has 0 aliphatic heterocycles. The molecule has 186 valence electrons. The molecule has 1 fully saturated rings. The van der Waals surface area contributed by atoms with E-state index in [9.17, 15) is 29.4 Å². The molecule has 1 unspecified atom stereocenters. The number of rotatable bonds is 3. The SMILES string of the molecule is CC(C)=Cc1nc2ccc3cc4c(c(O)c3c2o1)C(=O)[C@]1(O)C(=O)C(C(N)=O)C(=O)[C@@H](N(C)C)[C@@H]1C4. The van der Waals surface area contributed by atoms with Crippen molar-refractivity contribution in [2.24, 2.45) is 17.6 Å². The summed E-state index contributed by atoms with van der Waals surface area (Å²) in [5, 5.41) is 23.7. The van der Waals surface area contributed by atoms with Crippen LogP contribution in [-0.4, -0.2) is 69.1 Å². The Morgan fingerprint density at radius 1 is 1.25 bits per heavy atom. The zero-order chi connectivity index (χ0) is 26.3. The van der Waals surface area contributed by atoms with Crippen molar-refractivity contribution in [3.05, 3.63) is 40.8 Å². The first kappa shape index (κ1) is 23.8. The molecule has 2 aliphatic carbocycles. The van der Waals surface area contributed by atoms with E-state index in [0.29, 0.717) is 22.4 Å². The Hall–Kier alpha value is -3.89. The molecule has 0 radical (unpaired) electrons. The number of oxazole rings is 1. The average molecular weight is 492 g/mol. The number of ketones is 3. The number of likely N-dealkylation sites (N-methyl/N-ethyl adjacent to an activating group) is 1. The van der Waals surface area contributed by atoms with Crippen LogP contribution in [0.4, 0.5) is 0 Å². The number of phenolic OH excluding ortho intramolecular Hbond substituents is 1. The van der Waals surface area contributed by atoms with Crippen LogP contribution in [-0.2, 0) is 20.8 Å². The molecule has 36 heavy (non-hydrogen) atoms. The minimum atomic E-state index is -2.72. The van der Waals surface area contributed by atoms with E-state index in [1.165, 1.54) is 4.90 Å². The predicted octanol–water partition coefficient (Wildman–Crippen LogP) is 1.38. The van der Waals surface area contributed by atoms with Gasteiger partial charge in [-0.3, -0.25) is 24.1 Å². The topological polar surface area (TPSA) is 164 Å². The van der Waals surface area contributed by atoms with Crippen LogP contribution in [0.1, 0.15) is 35.7 Å². The van der Waals surface area contributed by atoms with Gasteiger partial charge in [-0.1, -0.05) is 11.6 Å². The second kappa shape index (κ2) is 7.81. The van der Waals surface area contributed by atoms with Crippen LogP contribution >= 0.6 is 0 Å². The number of aliphatic hydroxyl groups is 1. The summed E-state index contributed by atoms with van der Waals surface area (Å²) in [5.41, 5.74) is 4.38. The van der Waals surface area contributed by atoms with Gasteiger partial charge in [-0.25, -0.2) is 4.98 Å². The number of benzene rings is 2. The average Bonchev–Trinajstić information content (AvgIpc) is 3.17. The maximum absolute atomic E-state index is 13.8. The summed E-state index contributed by atoms with van der Waals surface area (Å²) in [6, 6.07) is 4.00. The van der Waals surface area contributed by atoms with Gasteiger partial charge in [-0.05, 0) is 63.5 Å². The van der Waals surface area contributed by atoms with Gasteiger partial charge in [0.2, 0.25) is 17.6 Å². The monoisotopic (exact) mass is 491 g/mol. The molecule has 2 aromatic carbocycles. The highest BCUT2D eigenvalue weighted by atomic mass is 16.3. The maximum Gasteiger partial charge on any atom is 0.235 e. The molecule has 5 rings (SSSR count). The summed E-state index contributed by atoms with van der Waals surface area (Å²) in [5.74, 6) is -7.63. The lowest BCUT2D eigenvalue weighted by Gasteiger charge is -2.48. The maximum atomic E-state index is 13.8. The molecular weight excluding hydrogens is 466 g/mol. The molecular formula is C26H25N3O7. The van der Waals surface area contributed by atoms with Crippen LogP contribution in [0, 0.1) is 11.8 Å². The molecule has 0 spiro atoms. The Kier molecular flexibility index (Phi) is 5.17. The van der Waals surface area contributed by atoms with E-state index < -0.39 is 52.5 Å². The van der Waals surface area contributed by atoms with Gasteiger partial charge in [0, 0.05) is 5.92 Å². The summed E-state index contributed by atoms with van der Waals surface area (Å²) in [6.07, 6.45) is 1.66. The second-order valence-electron chi connectivity index (χ2n) is 9.96. The number of primary amides is 1. The van der Waals surface area contributed by atoms with E-state index in [2.05, 4.69) is 4.98 Å². The van der Waals surface area contributed by atoms with Crippen LogP contribution in [0.5, 0.6) is 5.75 Å². The molecule has 1 aromatic heterocycles. The Bertz CT molecular complexity index is 1550. The third kappa shape index (κ3) is 3.07. The van der Waals surface area contributed by atoms with Crippen molar-refractivity contribution in [2.75, 3.05) is 14.1 Å². The van der Waals surface area contributed by atoms with Gasteiger partial charge in [0.15, 0.2) is 28.7 Å². The number of fused-ring (bicyclic) bond motifs is 5. The van der Waals surface area contributed by atoms with Gasteiger partial charge in [0.1, 0.15) is 11.3 Å². The molecule has 0 saturated heterocycles. The van der Waals surface area contributed by atoms with Crippen LogP contribution in [0.15, 0.2) is 28.2 Å². The van der Waals surface area contributed by atoms with Crippen molar-refractivity contribution in [3.8, 4) is 5.75 Å². The van der Waals surface area contributed by atoms with E-state index in [-0.39, 0.29) is 23.0 Å². The molecule has 2 aliphatic rings. The van der Waals surface area contributed by atoms with Gasteiger partial charge in [-0.2, -0.15) is 0 Å². The zero-order valence-corrected chi connectivity index (χ0v) is 20.2. The predicted molar refractivity (Wildman–Crippen MR) is 129 cm³/mol. The van der Waals surface area contributed by atoms with Gasteiger partial charge in [-0.15, -0.1) is 0 Å². The number of nitrogens with two attached hydrogens (primary N) is 1. The highest BCUT2D eigenvalue weighted by Crippen LogP contribution is 2.48. The summed E-state index contributed by atoms with van der Waals surface area (Å²) >= 11 is 0. The molecule has 10 heteroatoms. The Morgan fingerprint density at radius 2 is 1.94 bits per heavy atom. The minimum Gasteiger partial charge on any atom is -0.506 e. The van der Waals surface area contributed by atoms with Crippen LogP contribution in [0.3, 0.4) is 0 Å². The number of carbonyl (C=O) groups is 4. The van der Waals surface area contributed by atoms with Crippen LogP contribution < -0.4 is 5.73 Å². The van der Waals surface area contributed by atoms with Crippen molar-refractivity contribution in [2.45, 2.75) is 31.9 Å². The largest absolute Gasteiger partial charge is 0.506 e. The normalized spacial score (nSPS) is 25.8. The van der Waals surface area contributed by atoms with E-state index in [1.807, 2.05) is 13.8 Å². The van der Waals surface area contributed by atoms with Crippen molar-refractivity contribution in [3.63, 3.8) is 0 Å². The van der Waals surface area contributed by atoms with E-state index in [4.69, 9.17) is 10.2 Å². The number of aromatic hydroxyl groups is 1. The van der Waals surface area contributed by atoms with Gasteiger partial charge in [0.05, 0.1) is 17.0 Å². The van der Waals surface area contributed by atoms with Crippen LogP contribution in [0.2, 0.25) is 0 Å². The quantitative estimate of drug-likeness (QED) is 0.459. The lowest BCUT2D eigenvalue weighted by atomic mass is 9.58. The minimum absolute atomic E-state index is 0.0651. The Labute approximate surface area is 205 Å². The number of aromatic nitrogens is 1. The molecule has 4 atom stereocenters. The number of allylic oxidation sites excluding steroid dienone is 1. The Balaban J connectivity index is 1.78. The Morgan fingerprint density at radius 3 is 2.56 bits per heavy atom. The van der Waals surface area contributed by atoms with Crippen molar-refractivity contribution < 1.29 is 33.8 Å². The first-order valence-corrected chi connectivity index (χ1v) is 11.4. The van der Waals surface area contributed by atoms with Gasteiger partial charge in [0.25, 0.3) is 0 Å². The number of nitrogens with zero attached hydrogens (tertiary/aromatic N) is 2. The lowest BCUT2D eigenvalue weighted by Crippen LogP contribution is -2.71. The van der Waals surface area contributed by atoms with Crippen molar-refractivity contribution >= 4 is 51.2 Å². The summed E-state index contributed by atoms with van der Waals surface area (Å²) < 4.78 is 5.86. The first-order chi connectivity index (χ1) is 16.9. The second-order valence-corrected chi connectivity index (χ2v) is 9.96. The third-order valence-electron chi connectivity index (χ3n) is 7.13. The van der Waals surface area contributed by atoms with Gasteiger partial charge >= 0.3 is 0 Å². The summed E-state index contributed by atoms with van der Waals surface area (Å²) in [7, 11) is 3.11. The molecule has 4 N–H and O–H groups in total. The van der Waals surface area contributed by atoms with Crippen molar-refractivity contribution in [1.29, 1.82) is 0 Å². The number of hydrogen-bond donors (Lipinski definition) is 3. The number of hydrogen-bond acceptors (Lipinski definition) is 9. The molecule has 1 saturated carbocycles. The van der Waals surface area contributed by atoms with Gasteiger partial charge < -0.3 is 20.4 Å². The molecule has 10 nitrogen and oxygen atoms in total.